The molecule has 0 aromatic heterocycles. The van der Waals surface area contributed by atoms with Crippen LogP contribution in [0.2, 0.25) is 0 Å². The lowest BCUT2D eigenvalue weighted by Gasteiger charge is -2.48. The van der Waals surface area contributed by atoms with Crippen LogP contribution in [0.1, 0.15) is 48.5 Å². The predicted molar refractivity (Wildman–Crippen MR) is 138 cm³/mol. The minimum Gasteiger partial charge on any atom is -0.463 e. The summed E-state index contributed by atoms with van der Waals surface area (Å²) in [5.41, 5.74) is 0. The Morgan fingerprint density at radius 3 is 1.45 bits per heavy atom. The van der Waals surface area contributed by atoms with Gasteiger partial charge in [-0.25, -0.2) is 0 Å². The number of hydrogen-bond donors (Lipinski definition) is 2. The molecular formula is C26H37NO17. The van der Waals surface area contributed by atoms with Crippen molar-refractivity contribution in [3.8, 4) is 0 Å². The second kappa shape index (κ2) is 16.3. The minimum atomic E-state index is -1.89. The average molecular weight is 636 g/mol. The maximum atomic E-state index is 12.3. The topological polar surface area (TPSA) is 235 Å². The van der Waals surface area contributed by atoms with Gasteiger partial charge in [0, 0.05) is 48.5 Å². The van der Waals surface area contributed by atoms with Crippen molar-refractivity contribution < 1.29 is 81.3 Å². The molecule has 10 atom stereocenters. The Bertz CT molecular complexity index is 1090. The molecule has 0 aromatic rings. The van der Waals surface area contributed by atoms with Crippen LogP contribution in [0.3, 0.4) is 0 Å². The molecule has 0 unspecified atom stereocenters. The average Bonchev–Trinajstić information content (AvgIpc) is 2.87. The van der Waals surface area contributed by atoms with Gasteiger partial charge in [-0.1, -0.05) is 0 Å². The molecule has 2 aliphatic heterocycles. The van der Waals surface area contributed by atoms with E-state index in [2.05, 4.69) is 5.32 Å². The molecule has 2 heterocycles. The highest BCUT2D eigenvalue weighted by Gasteiger charge is 2.56. The maximum Gasteiger partial charge on any atom is 0.303 e. The van der Waals surface area contributed by atoms with Crippen LogP contribution in [-0.4, -0.2) is 121 Å². The second-order valence-electron chi connectivity index (χ2n) is 9.84. The SMILES string of the molecule is CC(=O)N[C@H]1[C@H](O[C@@H]2[C@H](OC(C)=O)[C@@H](OC(C)=O)[C@@H](O)O[C@@H]2COC(C)=O)O[C@H](COC(C)=O)[C@H](OC(C)=O)[C@H]1OC(C)=O. The van der Waals surface area contributed by atoms with Crippen molar-refractivity contribution in [2.75, 3.05) is 13.2 Å². The fourth-order valence-corrected chi connectivity index (χ4v) is 4.60. The molecule has 0 aromatic carbocycles. The zero-order valence-electron chi connectivity index (χ0n) is 25.2. The highest BCUT2D eigenvalue weighted by molar-refractivity contribution is 5.74. The molecule has 2 rings (SSSR count). The Kier molecular flexibility index (Phi) is 13.4. The van der Waals surface area contributed by atoms with E-state index in [-0.39, 0.29) is 0 Å². The minimum absolute atomic E-state index is 0.544. The summed E-state index contributed by atoms with van der Waals surface area (Å²) in [6.45, 7) is 6.36. The molecule has 2 N–H and O–H groups in total. The number of esters is 6. The smallest absolute Gasteiger partial charge is 0.303 e. The Balaban J connectivity index is 2.66. The fourth-order valence-electron chi connectivity index (χ4n) is 4.60. The molecule has 0 spiro atoms. The van der Waals surface area contributed by atoms with Crippen molar-refractivity contribution in [1.29, 1.82) is 0 Å². The number of nitrogens with one attached hydrogen (secondary N) is 1. The zero-order valence-corrected chi connectivity index (χ0v) is 25.2. The summed E-state index contributed by atoms with van der Waals surface area (Å²) < 4.78 is 49.1. The number of aliphatic hydroxyl groups excluding tert-OH is 1. The van der Waals surface area contributed by atoms with Gasteiger partial charge >= 0.3 is 35.8 Å². The molecule has 2 aliphatic rings. The van der Waals surface area contributed by atoms with Crippen LogP contribution < -0.4 is 5.32 Å². The van der Waals surface area contributed by atoms with Gasteiger partial charge in [-0.15, -0.1) is 0 Å². The molecule has 2 fully saturated rings. The quantitative estimate of drug-likeness (QED) is 0.188. The van der Waals surface area contributed by atoms with Crippen LogP contribution in [0.25, 0.3) is 0 Å². The highest BCUT2D eigenvalue weighted by Crippen LogP contribution is 2.33. The van der Waals surface area contributed by atoms with Gasteiger partial charge in [0.05, 0.1) is 0 Å². The lowest BCUT2D eigenvalue weighted by atomic mass is 9.94. The number of rotatable bonds is 11. The summed E-state index contributed by atoms with van der Waals surface area (Å²) in [5.74, 6) is -5.65. The van der Waals surface area contributed by atoms with Crippen LogP contribution in [0, 0.1) is 0 Å². The highest BCUT2D eigenvalue weighted by atomic mass is 16.7. The van der Waals surface area contributed by atoms with Crippen molar-refractivity contribution in [2.45, 2.75) is 110 Å². The summed E-state index contributed by atoms with van der Waals surface area (Å²) in [5, 5.41) is 13.1. The number of ether oxygens (including phenoxy) is 9. The first-order chi connectivity index (χ1) is 20.5. The fraction of sp³-hybridized carbons (Fsp3) is 0.731. The summed E-state index contributed by atoms with van der Waals surface area (Å²) in [6.07, 6.45) is -14.1. The van der Waals surface area contributed by atoms with Gasteiger partial charge in [0.2, 0.25) is 5.91 Å². The van der Waals surface area contributed by atoms with Crippen LogP contribution in [0.4, 0.5) is 0 Å². The molecule has 1 amide bonds. The molecule has 18 heteroatoms. The molecule has 0 radical (unpaired) electrons. The number of carbonyl (C=O) groups is 7. The van der Waals surface area contributed by atoms with Gasteiger partial charge in [-0.3, -0.25) is 33.6 Å². The zero-order chi connectivity index (χ0) is 33.3. The van der Waals surface area contributed by atoms with E-state index in [1.165, 1.54) is 0 Å². The third-order valence-corrected chi connectivity index (χ3v) is 6.03. The molecule has 0 aliphatic carbocycles. The summed E-state index contributed by atoms with van der Waals surface area (Å²) in [6, 6.07) is -1.44. The lowest BCUT2D eigenvalue weighted by molar-refractivity contribution is -0.343. The number of hydrogen-bond acceptors (Lipinski definition) is 17. The monoisotopic (exact) mass is 635 g/mol. The molecule has 44 heavy (non-hydrogen) atoms. The Hall–Kier alpha value is -3.87. The van der Waals surface area contributed by atoms with E-state index >= 15 is 0 Å². The first kappa shape index (κ1) is 36.3. The van der Waals surface area contributed by atoms with Crippen LogP contribution in [0.15, 0.2) is 0 Å². The summed E-state index contributed by atoms with van der Waals surface area (Å²) >= 11 is 0. The first-order valence-electron chi connectivity index (χ1n) is 13.4. The number of aliphatic hydroxyl groups is 1. The Morgan fingerprint density at radius 1 is 0.568 bits per heavy atom. The van der Waals surface area contributed by atoms with Crippen molar-refractivity contribution in [2.24, 2.45) is 0 Å². The Morgan fingerprint density at radius 2 is 1.00 bits per heavy atom. The standard InChI is InChI=1S/C26H37NO17/c1-10(28)27-19-22(39-14(5)32)20(38-13(4)31)18(9-37-12(3)30)43-26(19)44-21-17(8-36-11(2)29)42-25(35)24(41-16(7)34)23(21)40-15(6)33/h17-26,35H,8-9H2,1-7H3,(H,27,28)/t17-,18-,19-,20+,21+,22+,23+,24-,25+,26+/m1/s1. The normalized spacial score (nSPS) is 31.5. The molecular weight excluding hydrogens is 598 g/mol. The van der Waals surface area contributed by atoms with Gasteiger partial charge in [-0.05, 0) is 0 Å². The van der Waals surface area contributed by atoms with E-state index in [0.29, 0.717) is 0 Å². The third-order valence-electron chi connectivity index (χ3n) is 6.03. The lowest BCUT2D eigenvalue weighted by Crippen LogP contribution is -2.69. The molecule has 2 saturated heterocycles. The van der Waals surface area contributed by atoms with Gasteiger partial charge in [0.15, 0.2) is 37.0 Å². The molecule has 248 valence electrons. The number of amides is 1. The van der Waals surface area contributed by atoms with Crippen molar-refractivity contribution in [1.82, 2.24) is 5.32 Å². The van der Waals surface area contributed by atoms with Crippen molar-refractivity contribution in [3.05, 3.63) is 0 Å². The summed E-state index contributed by atoms with van der Waals surface area (Å²) in [4.78, 5) is 83.7. The summed E-state index contributed by atoms with van der Waals surface area (Å²) in [7, 11) is 0. The van der Waals surface area contributed by atoms with Crippen LogP contribution >= 0.6 is 0 Å². The van der Waals surface area contributed by atoms with Gasteiger partial charge in [0.25, 0.3) is 0 Å². The van der Waals surface area contributed by atoms with E-state index in [0.717, 1.165) is 48.5 Å². The van der Waals surface area contributed by atoms with Crippen molar-refractivity contribution in [3.63, 3.8) is 0 Å². The van der Waals surface area contributed by atoms with E-state index in [4.69, 9.17) is 42.6 Å². The van der Waals surface area contributed by atoms with Crippen molar-refractivity contribution >= 4 is 41.7 Å². The third kappa shape index (κ3) is 10.7. The van der Waals surface area contributed by atoms with E-state index < -0.39 is 116 Å². The van der Waals surface area contributed by atoms with E-state index in [1.54, 1.807) is 0 Å². The van der Waals surface area contributed by atoms with Crippen LogP contribution in [0.5, 0.6) is 0 Å². The largest absolute Gasteiger partial charge is 0.463 e. The van der Waals surface area contributed by atoms with Crippen LogP contribution in [-0.2, 0) is 76.2 Å². The van der Waals surface area contributed by atoms with E-state index in [9.17, 15) is 38.7 Å². The van der Waals surface area contributed by atoms with Gasteiger partial charge in [0.1, 0.15) is 37.6 Å². The van der Waals surface area contributed by atoms with Gasteiger partial charge in [-0.2, -0.15) is 0 Å². The molecule has 0 bridgehead atoms. The number of carbonyl (C=O) groups excluding carboxylic acids is 7. The molecule has 18 nitrogen and oxygen atoms in total. The maximum absolute atomic E-state index is 12.3. The second-order valence-corrected chi connectivity index (χ2v) is 9.84. The predicted octanol–water partition coefficient (Wildman–Crippen LogP) is -1.83. The van der Waals surface area contributed by atoms with Gasteiger partial charge < -0.3 is 53.1 Å². The Labute approximate surface area is 251 Å². The first-order valence-corrected chi connectivity index (χ1v) is 13.4. The molecule has 0 saturated carbocycles. The van der Waals surface area contributed by atoms with E-state index in [1.807, 2.05) is 0 Å².